The molecule has 0 unspecified atom stereocenters. The van der Waals surface area contributed by atoms with Crippen molar-refractivity contribution in [1.29, 1.82) is 0 Å². The highest BCUT2D eigenvalue weighted by Gasteiger charge is 2.11. The molecule has 0 saturated carbocycles. The maximum absolute atomic E-state index is 12.8. The van der Waals surface area contributed by atoms with Gasteiger partial charge in [0.1, 0.15) is 23.0 Å². The molecule has 0 radical (unpaired) electrons. The summed E-state index contributed by atoms with van der Waals surface area (Å²) in [6.07, 6.45) is 9.38. The molecule has 0 N–H and O–H groups in total. The molecule has 60 heavy (non-hydrogen) atoms. The van der Waals surface area contributed by atoms with Crippen LogP contribution in [0.3, 0.4) is 0 Å². The lowest BCUT2D eigenvalue weighted by Gasteiger charge is -2.08. The number of hydrogen-bond donors (Lipinski definition) is 0. The number of ether oxygens (including phenoxy) is 6. The quantitative estimate of drug-likeness (QED) is 0.0158. The smallest absolute Gasteiger partial charge is 0.343 e. The van der Waals surface area contributed by atoms with E-state index in [1.165, 1.54) is 0 Å². The molecule has 4 aromatic rings. The van der Waals surface area contributed by atoms with Crippen molar-refractivity contribution in [2.24, 2.45) is 10.2 Å². The monoisotopic (exact) mass is 816 g/mol. The molecule has 314 valence electrons. The molecule has 0 fully saturated rings. The number of rotatable bonds is 25. The van der Waals surface area contributed by atoms with Crippen LogP contribution in [0.5, 0.6) is 23.0 Å². The maximum atomic E-state index is 12.8. The minimum Gasteiger partial charge on any atom is -0.494 e. The molecule has 0 heterocycles. The first-order valence-corrected chi connectivity index (χ1v) is 19.9. The Morgan fingerprint density at radius 1 is 0.433 bits per heavy atom. The molecule has 12 heteroatoms. The minimum atomic E-state index is -0.486. The number of nitrogens with zero attached hydrogens (tertiary/aromatic N) is 2. The Morgan fingerprint density at radius 3 is 1.07 bits per heavy atom. The van der Waals surface area contributed by atoms with Crippen molar-refractivity contribution in [2.45, 2.75) is 65.2 Å². The van der Waals surface area contributed by atoms with Gasteiger partial charge in [0.05, 0.1) is 49.0 Å². The number of benzene rings is 4. The lowest BCUT2D eigenvalue weighted by Crippen LogP contribution is -2.08. The molecule has 12 nitrogen and oxygen atoms in total. The van der Waals surface area contributed by atoms with Crippen LogP contribution >= 0.6 is 0 Å². The van der Waals surface area contributed by atoms with Crippen molar-refractivity contribution in [3.8, 4) is 23.0 Å². The van der Waals surface area contributed by atoms with Gasteiger partial charge in [-0.05, 0) is 173 Å². The van der Waals surface area contributed by atoms with Crippen LogP contribution in [0.1, 0.15) is 97.1 Å². The molecule has 0 aliphatic rings. The first-order valence-electron chi connectivity index (χ1n) is 19.9. The maximum Gasteiger partial charge on any atom is 0.343 e. The topological polar surface area (TPSA) is 148 Å². The van der Waals surface area contributed by atoms with Gasteiger partial charge >= 0.3 is 23.9 Å². The molecular weight excluding hydrogens is 765 g/mol. The molecule has 0 bridgehead atoms. The zero-order valence-corrected chi connectivity index (χ0v) is 34.3. The van der Waals surface area contributed by atoms with Crippen molar-refractivity contribution >= 4 is 35.3 Å². The second kappa shape index (κ2) is 25.5. The van der Waals surface area contributed by atoms with Crippen molar-refractivity contribution in [3.63, 3.8) is 0 Å². The summed E-state index contributed by atoms with van der Waals surface area (Å²) in [7, 11) is 0. The standard InChI is InChI=1S/C48H52N2O10/c1-5-45(51)57-33-13-9-7-11-31-55-41-23-19-39(20-24-41)47(53)59-43-27-15-37(16-28-43)35(3)49-50-36(4)38-17-29-44(30-18-38)60-48(54)40-21-25-42(26-22-40)56-32-12-8-10-14-34-58-46(52)6-2/h5-6,15-30H,1-2,7-14,31-34H2,3-4H3/b49-35+,50-36+. The zero-order valence-electron chi connectivity index (χ0n) is 34.3. The fraction of sp³-hybridized carbons (Fsp3) is 0.292. The fourth-order valence-electron chi connectivity index (χ4n) is 5.46. The third kappa shape index (κ3) is 16.6. The highest BCUT2D eigenvalue weighted by atomic mass is 16.5. The molecule has 0 aromatic heterocycles. The van der Waals surface area contributed by atoms with Gasteiger partial charge in [0.2, 0.25) is 0 Å². The van der Waals surface area contributed by atoms with Gasteiger partial charge in [0.25, 0.3) is 0 Å². The molecule has 4 aromatic carbocycles. The van der Waals surface area contributed by atoms with E-state index in [9.17, 15) is 19.2 Å². The van der Waals surface area contributed by atoms with Crippen molar-refractivity contribution in [1.82, 2.24) is 0 Å². The lowest BCUT2D eigenvalue weighted by molar-refractivity contribution is -0.138. The number of carbonyl (C=O) groups is 4. The first-order chi connectivity index (χ1) is 29.1. The summed E-state index contributed by atoms with van der Waals surface area (Å²) < 4.78 is 32.6. The predicted octanol–water partition coefficient (Wildman–Crippen LogP) is 9.69. The van der Waals surface area contributed by atoms with E-state index in [0.29, 0.717) is 72.0 Å². The third-order valence-corrected chi connectivity index (χ3v) is 8.93. The molecule has 4 rings (SSSR count). The Kier molecular flexibility index (Phi) is 19.5. The summed E-state index contributed by atoms with van der Waals surface area (Å²) in [5, 5.41) is 8.77. The minimum absolute atomic E-state index is 0.388. The van der Waals surface area contributed by atoms with Gasteiger partial charge in [0.15, 0.2) is 0 Å². The molecular formula is C48H52N2O10. The van der Waals surface area contributed by atoms with Crippen LogP contribution in [0.15, 0.2) is 133 Å². The van der Waals surface area contributed by atoms with E-state index in [2.05, 4.69) is 23.4 Å². The second-order valence-corrected chi connectivity index (χ2v) is 13.5. The Morgan fingerprint density at radius 2 is 0.733 bits per heavy atom. The average molecular weight is 817 g/mol. The SMILES string of the molecule is C=CC(=O)OCCCCCCOc1ccc(C(=O)Oc2ccc(/C(C)=N/N=C(\C)c3ccc(OC(=O)c4ccc(OCCCCCCOC(=O)C=C)cc4)cc3)cc2)cc1. The van der Waals surface area contributed by atoms with Gasteiger partial charge < -0.3 is 28.4 Å². The summed E-state index contributed by atoms with van der Waals surface area (Å²) in [5.74, 6) is 0.331. The summed E-state index contributed by atoms with van der Waals surface area (Å²) in [6, 6.07) is 27.6. The van der Waals surface area contributed by atoms with Crippen LogP contribution in [0.25, 0.3) is 0 Å². The van der Waals surface area contributed by atoms with E-state index in [1.54, 1.807) is 97.1 Å². The van der Waals surface area contributed by atoms with E-state index < -0.39 is 23.9 Å². The van der Waals surface area contributed by atoms with E-state index >= 15 is 0 Å². The van der Waals surface area contributed by atoms with Crippen LogP contribution in [-0.2, 0) is 19.1 Å². The highest BCUT2D eigenvalue weighted by molar-refractivity contribution is 6.02. The van der Waals surface area contributed by atoms with Crippen molar-refractivity contribution in [3.05, 3.63) is 145 Å². The second-order valence-electron chi connectivity index (χ2n) is 13.5. The van der Waals surface area contributed by atoms with E-state index in [0.717, 1.165) is 74.6 Å². The van der Waals surface area contributed by atoms with Gasteiger partial charge in [-0.15, -0.1) is 0 Å². The summed E-state index contributed by atoms with van der Waals surface area (Å²) in [6.45, 7) is 12.3. The number of hydrogen-bond acceptors (Lipinski definition) is 12. The Balaban J connectivity index is 1.16. The predicted molar refractivity (Wildman–Crippen MR) is 230 cm³/mol. The fourth-order valence-corrected chi connectivity index (χ4v) is 5.46. The Bertz CT molecular complexity index is 1920. The summed E-state index contributed by atoms with van der Waals surface area (Å²) in [5.41, 5.74) is 3.74. The largest absolute Gasteiger partial charge is 0.494 e. The average Bonchev–Trinajstić information content (AvgIpc) is 3.27. The van der Waals surface area contributed by atoms with Gasteiger partial charge in [-0.25, -0.2) is 19.2 Å². The first kappa shape index (κ1) is 45.9. The van der Waals surface area contributed by atoms with Crippen molar-refractivity contribution < 1.29 is 47.6 Å². The molecule has 0 aliphatic heterocycles. The molecule has 0 atom stereocenters. The molecule has 0 amide bonds. The third-order valence-electron chi connectivity index (χ3n) is 8.93. The van der Waals surface area contributed by atoms with E-state index in [-0.39, 0.29) is 0 Å². The van der Waals surface area contributed by atoms with Gasteiger partial charge in [-0.3, -0.25) is 0 Å². The molecule has 0 aliphatic carbocycles. The Hall–Kier alpha value is -6.82. The van der Waals surface area contributed by atoms with E-state index in [1.807, 2.05) is 13.8 Å². The Labute approximate surface area is 351 Å². The summed E-state index contributed by atoms with van der Waals surface area (Å²) >= 11 is 0. The zero-order chi connectivity index (χ0) is 43.0. The molecule has 0 spiro atoms. The summed E-state index contributed by atoms with van der Waals surface area (Å²) in [4.78, 5) is 47.6. The van der Waals surface area contributed by atoms with Gasteiger partial charge in [-0.2, -0.15) is 10.2 Å². The number of esters is 4. The normalized spacial score (nSPS) is 11.2. The van der Waals surface area contributed by atoms with Gasteiger partial charge in [0, 0.05) is 12.2 Å². The van der Waals surface area contributed by atoms with Crippen LogP contribution in [-0.4, -0.2) is 61.7 Å². The number of carbonyl (C=O) groups excluding carboxylic acids is 4. The van der Waals surface area contributed by atoms with Crippen LogP contribution < -0.4 is 18.9 Å². The van der Waals surface area contributed by atoms with Crippen LogP contribution in [0.4, 0.5) is 0 Å². The van der Waals surface area contributed by atoms with E-state index in [4.69, 9.17) is 28.4 Å². The number of unbranched alkanes of at least 4 members (excludes halogenated alkanes) is 6. The lowest BCUT2D eigenvalue weighted by atomic mass is 10.1. The van der Waals surface area contributed by atoms with Gasteiger partial charge in [-0.1, -0.05) is 13.2 Å². The van der Waals surface area contributed by atoms with Crippen LogP contribution in [0.2, 0.25) is 0 Å². The van der Waals surface area contributed by atoms with Crippen LogP contribution in [0, 0.1) is 0 Å². The van der Waals surface area contributed by atoms with Crippen molar-refractivity contribution in [2.75, 3.05) is 26.4 Å². The highest BCUT2D eigenvalue weighted by Crippen LogP contribution is 2.20. The molecule has 0 saturated heterocycles.